The van der Waals surface area contributed by atoms with Gasteiger partial charge < -0.3 is 4.74 Å². The highest BCUT2D eigenvalue weighted by Crippen LogP contribution is 2.30. The molecular weight excluding hydrogens is 307 g/mol. The van der Waals surface area contributed by atoms with E-state index in [9.17, 15) is 26.7 Å². The molecule has 0 bridgehead atoms. The van der Waals surface area contributed by atoms with E-state index < -0.39 is 30.0 Å². The first-order chi connectivity index (χ1) is 10.3. The van der Waals surface area contributed by atoms with Gasteiger partial charge in [0.25, 0.3) is 0 Å². The molecule has 0 amide bonds. The van der Waals surface area contributed by atoms with Crippen LogP contribution in [0.3, 0.4) is 0 Å². The molecule has 0 spiro atoms. The van der Waals surface area contributed by atoms with Gasteiger partial charge in [0.1, 0.15) is 24.0 Å². The van der Waals surface area contributed by atoms with Gasteiger partial charge in [-0.2, -0.15) is 13.2 Å². The second-order valence-corrected chi connectivity index (χ2v) is 4.43. The first-order valence-corrected chi connectivity index (χ1v) is 6.04. The summed E-state index contributed by atoms with van der Waals surface area (Å²) >= 11 is 0. The van der Waals surface area contributed by atoms with Crippen molar-refractivity contribution in [2.45, 2.75) is 12.8 Å². The van der Waals surface area contributed by atoms with E-state index in [4.69, 9.17) is 4.74 Å². The van der Waals surface area contributed by atoms with E-state index in [0.717, 1.165) is 24.3 Å². The molecule has 2 aromatic carbocycles. The van der Waals surface area contributed by atoms with E-state index in [1.807, 2.05) is 0 Å². The summed E-state index contributed by atoms with van der Waals surface area (Å²) in [6, 6.07) is 5.14. The van der Waals surface area contributed by atoms with Gasteiger partial charge in [-0.15, -0.1) is 0 Å². The standard InChI is InChI=1S/C15H9F5O2/c16-12-1-2-14(10(5-12)7-21)22-8-9-3-11(15(18,19)20)6-13(17)4-9/h1-7H,8H2. The first-order valence-electron chi connectivity index (χ1n) is 6.04. The van der Waals surface area contributed by atoms with Crippen LogP contribution in [-0.4, -0.2) is 6.29 Å². The Morgan fingerprint density at radius 1 is 1.00 bits per heavy atom. The summed E-state index contributed by atoms with van der Waals surface area (Å²) in [5.41, 5.74) is -1.29. The van der Waals surface area contributed by atoms with Crippen LogP contribution in [0.2, 0.25) is 0 Å². The highest BCUT2D eigenvalue weighted by atomic mass is 19.4. The van der Waals surface area contributed by atoms with Crippen LogP contribution in [0.25, 0.3) is 0 Å². The highest BCUT2D eigenvalue weighted by Gasteiger charge is 2.31. The lowest BCUT2D eigenvalue weighted by atomic mass is 10.1. The molecule has 0 unspecified atom stereocenters. The van der Waals surface area contributed by atoms with Gasteiger partial charge >= 0.3 is 6.18 Å². The summed E-state index contributed by atoms with van der Waals surface area (Å²) in [4.78, 5) is 10.8. The monoisotopic (exact) mass is 316 g/mol. The van der Waals surface area contributed by atoms with E-state index in [-0.39, 0.29) is 16.9 Å². The lowest BCUT2D eigenvalue weighted by molar-refractivity contribution is -0.137. The van der Waals surface area contributed by atoms with Crippen molar-refractivity contribution in [3.63, 3.8) is 0 Å². The Kier molecular flexibility index (Phi) is 4.44. The fourth-order valence-corrected chi connectivity index (χ4v) is 1.80. The number of hydrogen-bond donors (Lipinski definition) is 0. The summed E-state index contributed by atoms with van der Waals surface area (Å²) in [6.45, 7) is -0.396. The first kappa shape index (κ1) is 15.9. The van der Waals surface area contributed by atoms with Crippen molar-refractivity contribution in [3.05, 3.63) is 64.7 Å². The molecule has 0 N–H and O–H groups in total. The summed E-state index contributed by atoms with van der Waals surface area (Å²) in [5.74, 6) is -1.71. The molecule has 0 saturated heterocycles. The molecule has 0 aliphatic rings. The maximum atomic E-state index is 13.2. The minimum atomic E-state index is -4.68. The second-order valence-electron chi connectivity index (χ2n) is 4.43. The predicted octanol–water partition coefficient (Wildman–Crippen LogP) is 4.38. The van der Waals surface area contributed by atoms with Crippen LogP contribution in [0.4, 0.5) is 22.0 Å². The molecule has 0 saturated carbocycles. The number of ether oxygens (including phenoxy) is 1. The zero-order chi connectivity index (χ0) is 16.3. The van der Waals surface area contributed by atoms with Gasteiger partial charge in [-0.05, 0) is 42.0 Å². The quantitative estimate of drug-likeness (QED) is 0.618. The van der Waals surface area contributed by atoms with E-state index in [1.54, 1.807) is 0 Å². The van der Waals surface area contributed by atoms with E-state index in [1.165, 1.54) is 6.07 Å². The van der Waals surface area contributed by atoms with Crippen LogP contribution in [0, 0.1) is 11.6 Å². The molecule has 0 heterocycles. The number of hydrogen-bond acceptors (Lipinski definition) is 2. The van der Waals surface area contributed by atoms with Gasteiger partial charge in [0.2, 0.25) is 0 Å². The molecular formula is C15H9F5O2. The van der Waals surface area contributed by atoms with Gasteiger partial charge in [-0.3, -0.25) is 4.79 Å². The Morgan fingerprint density at radius 3 is 2.36 bits per heavy atom. The average Bonchev–Trinajstić information content (AvgIpc) is 2.44. The summed E-state index contributed by atoms with van der Waals surface area (Å²) in [6.07, 6.45) is -4.33. The molecule has 22 heavy (non-hydrogen) atoms. The van der Waals surface area contributed by atoms with Gasteiger partial charge in [-0.1, -0.05) is 0 Å². The van der Waals surface area contributed by atoms with Crippen molar-refractivity contribution in [1.29, 1.82) is 0 Å². The molecule has 0 aliphatic carbocycles. The number of alkyl halides is 3. The Hall–Kier alpha value is -2.44. The second kappa shape index (κ2) is 6.13. The number of carbonyl (C=O) groups is 1. The molecule has 0 atom stereocenters. The third kappa shape index (κ3) is 3.81. The van der Waals surface area contributed by atoms with Crippen LogP contribution in [-0.2, 0) is 12.8 Å². The molecule has 2 rings (SSSR count). The lowest BCUT2D eigenvalue weighted by Crippen LogP contribution is -2.07. The van der Waals surface area contributed by atoms with Gasteiger partial charge in [-0.25, -0.2) is 8.78 Å². The molecule has 0 radical (unpaired) electrons. The number of aldehydes is 1. The fraction of sp³-hybridized carbons (Fsp3) is 0.133. The third-order valence-corrected chi connectivity index (χ3v) is 2.78. The Morgan fingerprint density at radius 2 is 1.73 bits per heavy atom. The van der Waals surface area contributed by atoms with Crippen LogP contribution < -0.4 is 4.74 Å². The van der Waals surface area contributed by atoms with Crippen molar-refractivity contribution in [2.24, 2.45) is 0 Å². The van der Waals surface area contributed by atoms with Gasteiger partial charge in [0, 0.05) is 0 Å². The van der Waals surface area contributed by atoms with Crippen molar-refractivity contribution < 1.29 is 31.5 Å². The van der Waals surface area contributed by atoms with Crippen molar-refractivity contribution in [3.8, 4) is 5.75 Å². The van der Waals surface area contributed by atoms with E-state index >= 15 is 0 Å². The molecule has 0 aromatic heterocycles. The van der Waals surface area contributed by atoms with Crippen LogP contribution >= 0.6 is 0 Å². The largest absolute Gasteiger partial charge is 0.488 e. The fourth-order valence-electron chi connectivity index (χ4n) is 1.80. The molecule has 7 heteroatoms. The van der Waals surface area contributed by atoms with Crippen LogP contribution in [0.5, 0.6) is 5.75 Å². The zero-order valence-electron chi connectivity index (χ0n) is 11.0. The van der Waals surface area contributed by atoms with Crippen LogP contribution in [0.1, 0.15) is 21.5 Å². The maximum Gasteiger partial charge on any atom is 0.416 e. The number of halogens is 5. The Bertz CT molecular complexity index is 695. The van der Waals surface area contributed by atoms with Gasteiger partial charge in [0.15, 0.2) is 6.29 Å². The highest BCUT2D eigenvalue weighted by molar-refractivity contribution is 5.79. The summed E-state index contributed by atoms with van der Waals surface area (Å²) in [7, 11) is 0. The van der Waals surface area contributed by atoms with Crippen molar-refractivity contribution >= 4 is 6.29 Å². The maximum absolute atomic E-state index is 13.2. The minimum Gasteiger partial charge on any atom is -0.488 e. The van der Waals surface area contributed by atoms with Crippen molar-refractivity contribution in [1.82, 2.24) is 0 Å². The minimum absolute atomic E-state index is 0.00535. The van der Waals surface area contributed by atoms with E-state index in [2.05, 4.69) is 0 Å². The topological polar surface area (TPSA) is 26.3 Å². The van der Waals surface area contributed by atoms with Gasteiger partial charge in [0.05, 0.1) is 11.1 Å². The molecule has 0 fully saturated rings. The number of benzene rings is 2. The lowest BCUT2D eigenvalue weighted by Gasteiger charge is -2.11. The number of carbonyl (C=O) groups excluding carboxylic acids is 1. The molecule has 116 valence electrons. The van der Waals surface area contributed by atoms with Crippen LogP contribution in [0.15, 0.2) is 36.4 Å². The van der Waals surface area contributed by atoms with E-state index in [0.29, 0.717) is 12.4 Å². The SMILES string of the molecule is O=Cc1cc(F)ccc1OCc1cc(F)cc(C(F)(F)F)c1. The summed E-state index contributed by atoms with van der Waals surface area (Å²) in [5, 5.41) is 0. The zero-order valence-corrected chi connectivity index (χ0v) is 11.0. The molecule has 0 aliphatic heterocycles. The predicted molar refractivity (Wildman–Crippen MR) is 67.5 cm³/mol. The Labute approximate surface area is 122 Å². The third-order valence-electron chi connectivity index (χ3n) is 2.78. The van der Waals surface area contributed by atoms with Crippen molar-refractivity contribution in [2.75, 3.05) is 0 Å². The normalized spacial score (nSPS) is 11.3. The average molecular weight is 316 g/mol. The number of rotatable bonds is 4. The molecule has 2 nitrogen and oxygen atoms in total. The molecule has 2 aromatic rings. The smallest absolute Gasteiger partial charge is 0.416 e. The Balaban J connectivity index is 2.22. The summed E-state index contributed by atoms with van der Waals surface area (Å²) < 4.78 is 69.1.